The van der Waals surface area contributed by atoms with Crippen LogP contribution in [0.25, 0.3) is 0 Å². The number of ether oxygens (including phenoxy) is 1. The molecule has 0 radical (unpaired) electrons. The third kappa shape index (κ3) is 2.54. The summed E-state index contributed by atoms with van der Waals surface area (Å²) in [6.07, 6.45) is 2.54. The first kappa shape index (κ1) is 14.5. The molecule has 0 aliphatic rings. The van der Waals surface area contributed by atoms with Gasteiger partial charge < -0.3 is 10.5 Å². The molecule has 1 aromatic carbocycles. The van der Waals surface area contributed by atoms with Gasteiger partial charge in [-0.15, -0.1) is 0 Å². The van der Waals surface area contributed by atoms with E-state index in [1.807, 2.05) is 0 Å². The fourth-order valence-corrected chi connectivity index (χ4v) is 2.30. The van der Waals surface area contributed by atoms with Crippen LogP contribution in [0.1, 0.15) is 36.2 Å². The Balaban J connectivity index is 2.49. The molecule has 1 aromatic heterocycles. The second-order valence-electron chi connectivity index (χ2n) is 4.78. The minimum atomic E-state index is -0.598. The lowest BCUT2D eigenvalue weighted by atomic mass is 10.0. The van der Waals surface area contributed by atoms with E-state index in [2.05, 4.69) is 12.0 Å². The van der Waals surface area contributed by atoms with E-state index < -0.39 is 6.04 Å². The third-order valence-electron chi connectivity index (χ3n) is 3.35. The van der Waals surface area contributed by atoms with Crippen molar-refractivity contribution in [2.24, 2.45) is 5.73 Å². The van der Waals surface area contributed by atoms with Crippen molar-refractivity contribution in [2.45, 2.75) is 32.9 Å². The maximum atomic E-state index is 14.2. The van der Waals surface area contributed by atoms with E-state index in [9.17, 15) is 4.39 Å². The molecule has 0 aliphatic heterocycles. The van der Waals surface area contributed by atoms with E-state index in [-0.39, 0.29) is 5.82 Å². The monoisotopic (exact) mass is 277 g/mol. The van der Waals surface area contributed by atoms with Crippen LogP contribution in [0.5, 0.6) is 5.75 Å². The van der Waals surface area contributed by atoms with Crippen molar-refractivity contribution in [3.8, 4) is 5.75 Å². The molecule has 2 rings (SSSR count). The Kier molecular flexibility index (Phi) is 4.39. The molecule has 1 atom stereocenters. The molecule has 2 aromatic rings. The molecule has 0 bridgehead atoms. The zero-order chi connectivity index (χ0) is 14.7. The highest BCUT2D eigenvalue weighted by Crippen LogP contribution is 2.30. The summed E-state index contributed by atoms with van der Waals surface area (Å²) >= 11 is 0. The molecule has 5 heteroatoms. The molecule has 1 unspecified atom stereocenters. The Bertz CT molecular complexity index is 595. The standard InChI is InChI=1S/C15H20FN3O/c1-4-8-19-15(12(20-3)9-18-19)14(17)11-7-5-6-10(2)13(11)16/h5-7,9,14H,4,8,17H2,1-3H3. The molecular weight excluding hydrogens is 257 g/mol. The summed E-state index contributed by atoms with van der Waals surface area (Å²) in [5.41, 5.74) is 8.01. The number of aromatic nitrogens is 2. The number of methoxy groups -OCH3 is 1. The highest BCUT2D eigenvalue weighted by Gasteiger charge is 2.23. The summed E-state index contributed by atoms with van der Waals surface area (Å²) in [6.45, 7) is 4.50. The second-order valence-corrected chi connectivity index (χ2v) is 4.78. The Labute approximate surface area is 118 Å². The molecule has 4 nitrogen and oxygen atoms in total. The molecule has 0 saturated heterocycles. The lowest BCUT2D eigenvalue weighted by molar-refractivity contribution is 0.403. The second kappa shape index (κ2) is 6.05. The first-order chi connectivity index (χ1) is 9.60. The van der Waals surface area contributed by atoms with Gasteiger partial charge in [0.2, 0.25) is 0 Å². The van der Waals surface area contributed by atoms with Gasteiger partial charge in [-0.3, -0.25) is 4.68 Å². The summed E-state index contributed by atoms with van der Waals surface area (Å²) < 4.78 is 21.3. The van der Waals surface area contributed by atoms with Gasteiger partial charge in [-0.1, -0.05) is 25.1 Å². The molecule has 0 amide bonds. The van der Waals surface area contributed by atoms with Crippen LogP contribution in [0.2, 0.25) is 0 Å². The number of hydrogen-bond acceptors (Lipinski definition) is 3. The fourth-order valence-electron chi connectivity index (χ4n) is 2.30. The van der Waals surface area contributed by atoms with Gasteiger partial charge in [-0.2, -0.15) is 5.10 Å². The smallest absolute Gasteiger partial charge is 0.161 e. The van der Waals surface area contributed by atoms with Gasteiger partial charge in [0.1, 0.15) is 11.5 Å². The Morgan fingerprint density at radius 2 is 2.20 bits per heavy atom. The van der Waals surface area contributed by atoms with Crippen molar-refractivity contribution >= 4 is 0 Å². The molecule has 0 saturated carbocycles. The molecular formula is C15H20FN3O. The Hall–Kier alpha value is -1.88. The summed E-state index contributed by atoms with van der Waals surface area (Å²) in [4.78, 5) is 0. The van der Waals surface area contributed by atoms with Crippen LogP contribution in [0.3, 0.4) is 0 Å². The van der Waals surface area contributed by atoms with Crippen LogP contribution in [0.15, 0.2) is 24.4 Å². The summed E-state index contributed by atoms with van der Waals surface area (Å²) in [5, 5.41) is 4.26. The van der Waals surface area contributed by atoms with E-state index in [0.29, 0.717) is 22.6 Å². The van der Waals surface area contributed by atoms with Crippen molar-refractivity contribution in [1.29, 1.82) is 0 Å². The van der Waals surface area contributed by atoms with E-state index in [1.165, 1.54) is 0 Å². The molecule has 20 heavy (non-hydrogen) atoms. The van der Waals surface area contributed by atoms with E-state index in [4.69, 9.17) is 10.5 Å². The minimum absolute atomic E-state index is 0.272. The molecule has 1 heterocycles. The first-order valence-corrected chi connectivity index (χ1v) is 6.70. The lowest BCUT2D eigenvalue weighted by Gasteiger charge is -2.17. The van der Waals surface area contributed by atoms with Gasteiger partial charge >= 0.3 is 0 Å². The quantitative estimate of drug-likeness (QED) is 0.914. The van der Waals surface area contributed by atoms with Gasteiger partial charge in [-0.25, -0.2) is 4.39 Å². The average molecular weight is 277 g/mol. The number of aryl methyl sites for hydroxylation is 2. The van der Waals surface area contributed by atoms with Crippen molar-refractivity contribution in [2.75, 3.05) is 7.11 Å². The first-order valence-electron chi connectivity index (χ1n) is 6.70. The molecule has 108 valence electrons. The number of rotatable bonds is 5. The Morgan fingerprint density at radius 3 is 2.85 bits per heavy atom. The van der Waals surface area contributed by atoms with E-state index in [0.717, 1.165) is 13.0 Å². The van der Waals surface area contributed by atoms with Crippen molar-refractivity contribution in [1.82, 2.24) is 9.78 Å². The van der Waals surface area contributed by atoms with Crippen molar-refractivity contribution in [3.05, 3.63) is 47.0 Å². The molecule has 2 N–H and O–H groups in total. The van der Waals surface area contributed by atoms with Crippen LogP contribution in [0.4, 0.5) is 4.39 Å². The van der Waals surface area contributed by atoms with Crippen LogP contribution in [0, 0.1) is 12.7 Å². The van der Waals surface area contributed by atoms with Crippen LogP contribution in [-0.4, -0.2) is 16.9 Å². The molecule has 0 aliphatic carbocycles. The summed E-state index contributed by atoms with van der Waals surface area (Å²) in [6, 6.07) is 4.64. The van der Waals surface area contributed by atoms with Gasteiger partial charge in [0.15, 0.2) is 5.75 Å². The summed E-state index contributed by atoms with van der Waals surface area (Å²) in [5.74, 6) is 0.318. The van der Waals surface area contributed by atoms with Crippen LogP contribution < -0.4 is 10.5 Å². The third-order valence-corrected chi connectivity index (χ3v) is 3.35. The van der Waals surface area contributed by atoms with Crippen molar-refractivity contribution < 1.29 is 9.13 Å². The predicted octanol–water partition coefficient (Wildman–Crippen LogP) is 2.80. The van der Waals surface area contributed by atoms with E-state index >= 15 is 0 Å². The predicted molar refractivity (Wildman–Crippen MR) is 76.2 cm³/mol. The average Bonchev–Trinajstić information content (AvgIpc) is 2.84. The lowest BCUT2D eigenvalue weighted by Crippen LogP contribution is -2.20. The van der Waals surface area contributed by atoms with Crippen LogP contribution in [-0.2, 0) is 6.54 Å². The summed E-state index contributed by atoms with van der Waals surface area (Å²) in [7, 11) is 1.57. The maximum Gasteiger partial charge on any atom is 0.161 e. The number of hydrogen-bond donors (Lipinski definition) is 1. The topological polar surface area (TPSA) is 53.1 Å². The zero-order valence-corrected chi connectivity index (χ0v) is 12.1. The zero-order valence-electron chi connectivity index (χ0n) is 12.1. The molecule has 0 fully saturated rings. The highest BCUT2D eigenvalue weighted by molar-refractivity contribution is 5.38. The number of nitrogens with two attached hydrogens (primary N) is 1. The normalized spacial score (nSPS) is 12.4. The highest BCUT2D eigenvalue weighted by atomic mass is 19.1. The molecule has 0 spiro atoms. The van der Waals surface area contributed by atoms with Crippen LogP contribution >= 0.6 is 0 Å². The largest absolute Gasteiger partial charge is 0.493 e. The number of nitrogens with zero attached hydrogens (tertiary/aromatic N) is 2. The number of benzene rings is 1. The SMILES string of the molecule is CCCn1ncc(OC)c1C(N)c1cccc(C)c1F. The maximum absolute atomic E-state index is 14.2. The van der Waals surface area contributed by atoms with Gasteiger partial charge in [0, 0.05) is 12.1 Å². The van der Waals surface area contributed by atoms with Gasteiger partial charge in [0.25, 0.3) is 0 Å². The number of halogens is 1. The van der Waals surface area contributed by atoms with Gasteiger partial charge in [0.05, 0.1) is 19.3 Å². The fraction of sp³-hybridized carbons (Fsp3) is 0.400. The Morgan fingerprint density at radius 1 is 1.45 bits per heavy atom. The van der Waals surface area contributed by atoms with E-state index in [1.54, 1.807) is 43.1 Å². The van der Waals surface area contributed by atoms with Crippen molar-refractivity contribution in [3.63, 3.8) is 0 Å². The minimum Gasteiger partial charge on any atom is -0.493 e. The van der Waals surface area contributed by atoms with Gasteiger partial charge in [-0.05, 0) is 18.9 Å².